The van der Waals surface area contributed by atoms with Crippen molar-refractivity contribution in [3.63, 3.8) is 0 Å². The van der Waals surface area contributed by atoms with Crippen molar-refractivity contribution in [2.24, 2.45) is 0 Å². The molecule has 2 aromatic rings. The standard InChI is InChI=1S/C14H15NO5/c1-7-5-11(19-4)9(6-10(7)18-3)13-15-12(14(16)17)8(2)20-13/h5-6H,1-4H3,(H,16,17). The third kappa shape index (κ3) is 2.32. The first kappa shape index (κ1) is 13.9. The number of aromatic nitrogens is 1. The molecule has 0 bridgehead atoms. The predicted molar refractivity (Wildman–Crippen MR) is 71.5 cm³/mol. The fourth-order valence-electron chi connectivity index (χ4n) is 1.93. The second kappa shape index (κ2) is 5.24. The fraction of sp³-hybridized carbons (Fsp3) is 0.286. The maximum absolute atomic E-state index is 11.0. The number of hydrogen-bond acceptors (Lipinski definition) is 5. The lowest BCUT2D eigenvalue weighted by Gasteiger charge is -2.10. The Labute approximate surface area is 116 Å². The van der Waals surface area contributed by atoms with Gasteiger partial charge in [-0.05, 0) is 31.5 Å². The van der Waals surface area contributed by atoms with Crippen LogP contribution in [-0.2, 0) is 0 Å². The van der Waals surface area contributed by atoms with Gasteiger partial charge in [-0.15, -0.1) is 0 Å². The maximum atomic E-state index is 11.0. The Kier molecular flexibility index (Phi) is 3.65. The third-order valence-corrected chi connectivity index (χ3v) is 2.95. The van der Waals surface area contributed by atoms with E-state index in [0.717, 1.165) is 5.56 Å². The molecule has 1 heterocycles. The number of ether oxygens (including phenoxy) is 2. The number of carboxylic acids is 1. The molecule has 0 radical (unpaired) electrons. The lowest BCUT2D eigenvalue weighted by Crippen LogP contribution is -1.98. The van der Waals surface area contributed by atoms with Gasteiger partial charge in [-0.25, -0.2) is 9.78 Å². The van der Waals surface area contributed by atoms with E-state index in [1.54, 1.807) is 26.2 Å². The van der Waals surface area contributed by atoms with Crippen LogP contribution in [0.15, 0.2) is 16.5 Å². The van der Waals surface area contributed by atoms with Crippen LogP contribution in [0.5, 0.6) is 11.5 Å². The fourth-order valence-corrected chi connectivity index (χ4v) is 1.93. The maximum Gasteiger partial charge on any atom is 0.358 e. The highest BCUT2D eigenvalue weighted by Gasteiger charge is 2.20. The van der Waals surface area contributed by atoms with Crippen molar-refractivity contribution in [3.8, 4) is 23.0 Å². The minimum absolute atomic E-state index is 0.110. The van der Waals surface area contributed by atoms with E-state index in [-0.39, 0.29) is 17.3 Å². The van der Waals surface area contributed by atoms with Crippen LogP contribution in [0.4, 0.5) is 0 Å². The van der Waals surface area contributed by atoms with Crippen LogP contribution in [0.1, 0.15) is 21.8 Å². The Morgan fingerprint density at radius 1 is 1.20 bits per heavy atom. The van der Waals surface area contributed by atoms with Gasteiger partial charge in [0.15, 0.2) is 5.69 Å². The summed E-state index contributed by atoms with van der Waals surface area (Å²) in [5, 5.41) is 9.02. The van der Waals surface area contributed by atoms with Gasteiger partial charge in [0, 0.05) is 0 Å². The Morgan fingerprint density at radius 3 is 2.35 bits per heavy atom. The van der Waals surface area contributed by atoms with Crippen LogP contribution in [0, 0.1) is 13.8 Å². The largest absolute Gasteiger partial charge is 0.496 e. The minimum Gasteiger partial charge on any atom is -0.496 e. The number of aryl methyl sites for hydroxylation is 2. The summed E-state index contributed by atoms with van der Waals surface area (Å²) < 4.78 is 16.0. The summed E-state index contributed by atoms with van der Waals surface area (Å²) in [6, 6.07) is 3.50. The number of nitrogens with zero attached hydrogens (tertiary/aromatic N) is 1. The normalized spacial score (nSPS) is 10.4. The highest BCUT2D eigenvalue weighted by atomic mass is 16.5. The van der Waals surface area contributed by atoms with E-state index < -0.39 is 5.97 Å². The number of methoxy groups -OCH3 is 2. The average molecular weight is 277 g/mol. The van der Waals surface area contributed by atoms with E-state index in [9.17, 15) is 4.79 Å². The zero-order valence-electron chi connectivity index (χ0n) is 11.7. The number of hydrogen-bond donors (Lipinski definition) is 1. The van der Waals surface area contributed by atoms with Crippen LogP contribution in [0.2, 0.25) is 0 Å². The SMILES string of the molecule is COc1cc(-c2nc(C(=O)O)c(C)o2)c(OC)cc1C. The van der Waals surface area contributed by atoms with Crippen molar-refractivity contribution in [3.05, 3.63) is 29.2 Å². The molecule has 106 valence electrons. The molecule has 2 rings (SSSR count). The van der Waals surface area contributed by atoms with Gasteiger partial charge in [0.2, 0.25) is 5.89 Å². The molecule has 0 fully saturated rings. The molecule has 0 saturated carbocycles. The van der Waals surface area contributed by atoms with E-state index in [1.165, 1.54) is 7.11 Å². The van der Waals surface area contributed by atoms with Gasteiger partial charge in [0.1, 0.15) is 17.3 Å². The predicted octanol–water partition coefficient (Wildman–Crippen LogP) is 2.67. The highest BCUT2D eigenvalue weighted by molar-refractivity contribution is 5.87. The second-order valence-electron chi connectivity index (χ2n) is 4.25. The zero-order chi connectivity index (χ0) is 14.9. The molecule has 0 spiro atoms. The van der Waals surface area contributed by atoms with Gasteiger partial charge < -0.3 is 19.0 Å². The number of aromatic carboxylic acids is 1. The summed E-state index contributed by atoms with van der Waals surface area (Å²) in [6.45, 7) is 3.44. The Hall–Kier alpha value is -2.50. The Bertz CT molecular complexity index is 660. The van der Waals surface area contributed by atoms with Gasteiger partial charge in [-0.2, -0.15) is 0 Å². The van der Waals surface area contributed by atoms with Crippen molar-refractivity contribution in [2.45, 2.75) is 13.8 Å². The van der Waals surface area contributed by atoms with E-state index in [2.05, 4.69) is 4.98 Å². The van der Waals surface area contributed by atoms with Crippen molar-refractivity contribution < 1.29 is 23.8 Å². The smallest absolute Gasteiger partial charge is 0.358 e. The molecule has 0 amide bonds. The summed E-state index contributed by atoms with van der Waals surface area (Å²) >= 11 is 0. The van der Waals surface area contributed by atoms with Crippen molar-refractivity contribution >= 4 is 5.97 Å². The summed E-state index contributed by atoms with van der Waals surface area (Å²) in [4.78, 5) is 15.0. The summed E-state index contributed by atoms with van der Waals surface area (Å²) in [7, 11) is 3.08. The van der Waals surface area contributed by atoms with Gasteiger partial charge in [-0.3, -0.25) is 0 Å². The van der Waals surface area contributed by atoms with Crippen LogP contribution in [-0.4, -0.2) is 30.3 Å². The lowest BCUT2D eigenvalue weighted by molar-refractivity contribution is 0.0689. The molecular formula is C14H15NO5. The van der Waals surface area contributed by atoms with Gasteiger partial charge in [0.25, 0.3) is 0 Å². The first-order valence-electron chi connectivity index (χ1n) is 5.91. The number of oxazole rings is 1. The zero-order valence-corrected chi connectivity index (χ0v) is 11.7. The molecule has 1 aromatic heterocycles. The second-order valence-corrected chi connectivity index (χ2v) is 4.25. The summed E-state index contributed by atoms with van der Waals surface area (Å²) in [5.74, 6) is 0.495. The van der Waals surface area contributed by atoms with Gasteiger partial charge >= 0.3 is 5.97 Å². The number of carboxylic acid groups (broad SMARTS) is 1. The van der Waals surface area contributed by atoms with E-state index >= 15 is 0 Å². The molecule has 6 nitrogen and oxygen atoms in total. The van der Waals surface area contributed by atoms with Gasteiger partial charge in [0.05, 0.1) is 19.8 Å². The van der Waals surface area contributed by atoms with E-state index in [4.69, 9.17) is 19.0 Å². The first-order chi connectivity index (χ1) is 9.47. The van der Waals surface area contributed by atoms with E-state index in [0.29, 0.717) is 17.1 Å². The van der Waals surface area contributed by atoms with Crippen LogP contribution in [0.25, 0.3) is 11.5 Å². The van der Waals surface area contributed by atoms with Crippen LogP contribution in [0.3, 0.4) is 0 Å². The van der Waals surface area contributed by atoms with Crippen molar-refractivity contribution in [2.75, 3.05) is 14.2 Å². The molecule has 0 aliphatic carbocycles. The topological polar surface area (TPSA) is 81.8 Å². The highest BCUT2D eigenvalue weighted by Crippen LogP contribution is 2.36. The molecule has 1 N–H and O–H groups in total. The molecule has 20 heavy (non-hydrogen) atoms. The van der Waals surface area contributed by atoms with E-state index in [1.807, 2.05) is 6.92 Å². The number of benzene rings is 1. The average Bonchev–Trinajstić information content (AvgIpc) is 2.80. The van der Waals surface area contributed by atoms with Crippen LogP contribution >= 0.6 is 0 Å². The molecule has 6 heteroatoms. The first-order valence-corrected chi connectivity index (χ1v) is 5.91. The molecule has 0 atom stereocenters. The summed E-state index contributed by atoms with van der Waals surface area (Å²) in [5.41, 5.74) is 1.34. The monoisotopic (exact) mass is 277 g/mol. The Balaban J connectivity index is 2.62. The summed E-state index contributed by atoms with van der Waals surface area (Å²) in [6.07, 6.45) is 0. The van der Waals surface area contributed by atoms with Crippen molar-refractivity contribution in [1.82, 2.24) is 4.98 Å². The van der Waals surface area contributed by atoms with Crippen LogP contribution < -0.4 is 9.47 Å². The van der Waals surface area contributed by atoms with Gasteiger partial charge in [-0.1, -0.05) is 0 Å². The molecule has 1 aromatic carbocycles. The quantitative estimate of drug-likeness (QED) is 0.925. The molecule has 0 aliphatic rings. The number of rotatable bonds is 4. The molecule has 0 saturated heterocycles. The Morgan fingerprint density at radius 2 is 1.85 bits per heavy atom. The third-order valence-electron chi connectivity index (χ3n) is 2.95. The minimum atomic E-state index is -1.13. The molecular weight excluding hydrogens is 262 g/mol. The molecule has 0 unspecified atom stereocenters. The number of carbonyl (C=O) groups is 1. The lowest BCUT2D eigenvalue weighted by atomic mass is 10.1. The van der Waals surface area contributed by atoms with Crippen molar-refractivity contribution in [1.29, 1.82) is 0 Å². The molecule has 0 aliphatic heterocycles.